The van der Waals surface area contributed by atoms with Crippen LogP contribution < -0.4 is 5.32 Å². The Morgan fingerprint density at radius 2 is 2.00 bits per heavy atom. The number of carbonyl (C=O) groups excluding carboxylic acids is 1. The first-order valence-corrected chi connectivity index (χ1v) is 9.83. The third kappa shape index (κ3) is 3.81. The van der Waals surface area contributed by atoms with Gasteiger partial charge < -0.3 is 14.8 Å². The highest BCUT2D eigenvalue weighted by molar-refractivity contribution is 5.98. The van der Waals surface area contributed by atoms with Crippen molar-refractivity contribution in [3.05, 3.63) is 71.8 Å². The van der Waals surface area contributed by atoms with Crippen LogP contribution in [0.15, 0.2) is 59.9 Å². The standard InChI is InChI=1S/C22H26N6O/c1-16-7-4-5-8-19(16)28-14-11-18(25-28)22(29)24-17-10-13-27(15-17)21(23-2)20-9-6-12-26(20)3/h4-9,11-12,14,17H,10,13,15H2,1-3H3,(H,24,29)/t17-/m0/s1. The van der Waals surface area contributed by atoms with Crippen molar-refractivity contribution in [1.82, 2.24) is 24.6 Å². The number of nitrogens with one attached hydrogen (secondary N) is 1. The van der Waals surface area contributed by atoms with E-state index >= 15 is 0 Å². The lowest BCUT2D eigenvalue weighted by Gasteiger charge is -2.21. The molecule has 3 heterocycles. The monoisotopic (exact) mass is 390 g/mol. The maximum atomic E-state index is 12.7. The molecule has 0 unspecified atom stereocenters. The molecule has 0 spiro atoms. The number of carbonyl (C=O) groups is 1. The van der Waals surface area contributed by atoms with Gasteiger partial charge in [0.15, 0.2) is 5.69 Å². The molecule has 1 aliphatic rings. The van der Waals surface area contributed by atoms with E-state index in [0.29, 0.717) is 5.69 Å². The Labute approximate surface area is 170 Å². The fraction of sp³-hybridized carbons (Fsp3) is 0.318. The van der Waals surface area contributed by atoms with Crippen LogP contribution in [0.25, 0.3) is 5.69 Å². The molecular weight excluding hydrogens is 364 g/mol. The van der Waals surface area contributed by atoms with Gasteiger partial charge in [0.05, 0.1) is 11.4 Å². The normalized spacial score (nSPS) is 17.0. The molecule has 0 radical (unpaired) electrons. The number of aliphatic imine (C=N–C) groups is 1. The van der Waals surface area contributed by atoms with Gasteiger partial charge in [-0.05, 0) is 43.2 Å². The summed E-state index contributed by atoms with van der Waals surface area (Å²) in [5.74, 6) is 0.816. The molecule has 1 atom stereocenters. The van der Waals surface area contributed by atoms with E-state index in [1.165, 1.54) is 0 Å². The summed E-state index contributed by atoms with van der Waals surface area (Å²) in [6.45, 7) is 3.63. The molecule has 7 nitrogen and oxygen atoms in total. The van der Waals surface area contributed by atoms with Gasteiger partial charge in [-0.2, -0.15) is 5.10 Å². The molecule has 1 fully saturated rings. The fourth-order valence-electron chi connectivity index (χ4n) is 3.84. The second-order valence-electron chi connectivity index (χ2n) is 7.39. The Hall–Kier alpha value is -3.35. The van der Waals surface area contributed by atoms with Gasteiger partial charge in [-0.15, -0.1) is 0 Å². The molecule has 29 heavy (non-hydrogen) atoms. The summed E-state index contributed by atoms with van der Waals surface area (Å²) < 4.78 is 3.81. The van der Waals surface area contributed by atoms with E-state index in [9.17, 15) is 4.79 Å². The van der Waals surface area contributed by atoms with Crippen LogP contribution in [0.5, 0.6) is 0 Å². The second kappa shape index (κ2) is 7.95. The van der Waals surface area contributed by atoms with Crippen molar-refractivity contribution in [1.29, 1.82) is 0 Å². The second-order valence-corrected chi connectivity index (χ2v) is 7.39. The van der Waals surface area contributed by atoms with Crippen molar-refractivity contribution in [2.24, 2.45) is 12.0 Å². The number of para-hydroxylation sites is 1. The van der Waals surface area contributed by atoms with Crippen molar-refractivity contribution < 1.29 is 4.79 Å². The van der Waals surface area contributed by atoms with Gasteiger partial charge in [-0.3, -0.25) is 9.79 Å². The number of hydrogen-bond donors (Lipinski definition) is 1. The Kier molecular flexibility index (Phi) is 5.20. The number of aromatic nitrogens is 3. The zero-order valence-corrected chi connectivity index (χ0v) is 17.0. The summed E-state index contributed by atoms with van der Waals surface area (Å²) in [7, 11) is 3.83. The van der Waals surface area contributed by atoms with Gasteiger partial charge in [-0.25, -0.2) is 4.68 Å². The first-order chi connectivity index (χ1) is 14.1. The van der Waals surface area contributed by atoms with E-state index in [0.717, 1.165) is 42.3 Å². The molecule has 0 bridgehead atoms. The molecule has 7 heteroatoms. The van der Waals surface area contributed by atoms with E-state index in [4.69, 9.17) is 0 Å². The first-order valence-electron chi connectivity index (χ1n) is 9.83. The summed E-state index contributed by atoms with van der Waals surface area (Å²) in [5.41, 5.74) is 3.60. The summed E-state index contributed by atoms with van der Waals surface area (Å²) in [6.07, 6.45) is 4.73. The molecule has 1 amide bonds. The number of rotatable bonds is 4. The van der Waals surface area contributed by atoms with Crippen LogP contribution in [-0.2, 0) is 7.05 Å². The molecule has 2 aromatic heterocycles. The highest BCUT2D eigenvalue weighted by atomic mass is 16.2. The molecule has 1 aromatic carbocycles. The third-order valence-corrected chi connectivity index (χ3v) is 5.39. The SMILES string of the molecule is CN=C(c1cccn1C)N1CC[C@H](NC(=O)c2ccn(-c3ccccc3C)n2)C1. The van der Waals surface area contributed by atoms with Crippen LogP contribution in [0, 0.1) is 6.92 Å². The molecule has 3 aromatic rings. The van der Waals surface area contributed by atoms with Crippen molar-refractivity contribution in [3.63, 3.8) is 0 Å². The van der Waals surface area contributed by atoms with Gasteiger partial charge in [0.1, 0.15) is 5.84 Å². The van der Waals surface area contributed by atoms with E-state index in [-0.39, 0.29) is 11.9 Å². The highest BCUT2D eigenvalue weighted by Gasteiger charge is 2.28. The minimum Gasteiger partial charge on any atom is -0.353 e. The number of amides is 1. The van der Waals surface area contributed by atoms with E-state index in [1.807, 2.05) is 63.7 Å². The Balaban J connectivity index is 1.41. The zero-order valence-electron chi connectivity index (χ0n) is 17.0. The molecular formula is C22H26N6O. The summed E-state index contributed by atoms with van der Waals surface area (Å²) in [5, 5.41) is 7.59. The smallest absolute Gasteiger partial charge is 0.272 e. The zero-order chi connectivity index (χ0) is 20.4. The van der Waals surface area contributed by atoms with Crippen molar-refractivity contribution >= 4 is 11.7 Å². The number of hydrogen-bond acceptors (Lipinski definition) is 3. The van der Waals surface area contributed by atoms with E-state index < -0.39 is 0 Å². The summed E-state index contributed by atoms with van der Waals surface area (Å²) in [4.78, 5) is 19.4. The van der Waals surface area contributed by atoms with Crippen molar-refractivity contribution in [2.45, 2.75) is 19.4 Å². The van der Waals surface area contributed by atoms with Crippen LogP contribution >= 0.6 is 0 Å². The topological polar surface area (TPSA) is 67.5 Å². The van der Waals surface area contributed by atoms with Crippen LogP contribution in [-0.4, -0.2) is 57.2 Å². The van der Waals surface area contributed by atoms with E-state index in [2.05, 4.69) is 30.9 Å². The van der Waals surface area contributed by atoms with Crippen molar-refractivity contribution in [3.8, 4) is 5.69 Å². The summed E-state index contributed by atoms with van der Waals surface area (Å²) in [6, 6.07) is 13.9. The Bertz CT molecular complexity index is 1050. The van der Waals surface area contributed by atoms with Crippen LogP contribution in [0.3, 0.4) is 0 Å². The lowest BCUT2D eigenvalue weighted by molar-refractivity contribution is 0.0933. The lowest BCUT2D eigenvalue weighted by Crippen LogP contribution is -2.39. The quantitative estimate of drug-likeness (QED) is 0.549. The molecule has 150 valence electrons. The third-order valence-electron chi connectivity index (χ3n) is 5.39. The Morgan fingerprint density at radius 3 is 2.72 bits per heavy atom. The number of aryl methyl sites for hydroxylation is 2. The van der Waals surface area contributed by atoms with Gasteiger partial charge in [-0.1, -0.05) is 18.2 Å². The first kappa shape index (κ1) is 19.0. The molecule has 1 N–H and O–H groups in total. The summed E-state index contributed by atoms with van der Waals surface area (Å²) >= 11 is 0. The average molecular weight is 390 g/mol. The number of benzene rings is 1. The fourth-order valence-corrected chi connectivity index (χ4v) is 3.84. The average Bonchev–Trinajstić information content (AvgIpc) is 3.45. The van der Waals surface area contributed by atoms with Gasteiger partial charge >= 0.3 is 0 Å². The maximum Gasteiger partial charge on any atom is 0.272 e. The predicted molar refractivity (Wildman–Crippen MR) is 114 cm³/mol. The van der Waals surface area contributed by atoms with Crippen LogP contribution in [0.2, 0.25) is 0 Å². The number of likely N-dealkylation sites (tertiary alicyclic amines) is 1. The number of nitrogens with zero attached hydrogens (tertiary/aromatic N) is 5. The molecule has 4 rings (SSSR count). The van der Waals surface area contributed by atoms with Gasteiger partial charge in [0, 0.05) is 45.6 Å². The Morgan fingerprint density at radius 1 is 1.17 bits per heavy atom. The minimum atomic E-state index is -0.141. The molecule has 1 saturated heterocycles. The predicted octanol–water partition coefficient (Wildman–Crippen LogP) is 2.40. The minimum absolute atomic E-state index is 0.0723. The molecule has 1 aliphatic heterocycles. The maximum absolute atomic E-state index is 12.7. The largest absolute Gasteiger partial charge is 0.353 e. The van der Waals surface area contributed by atoms with Crippen LogP contribution in [0.1, 0.15) is 28.2 Å². The highest BCUT2D eigenvalue weighted by Crippen LogP contribution is 2.16. The van der Waals surface area contributed by atoms with E-state index in [1.54, 1.807) is 10.7 Å². The number of amidine groups is 1. The molecule has 0 aliphatic carbocycles. The lowest BCUT2D eigenvalue weighted by atomic mass is 10.2. The van der Waals surface area contributed by atoms with Gasteiger partial charge in [0.2, 0.25) is 0 Å². The van der Waals surface area contributed by atoms with Gasteiger partial charge in [0.25, 0.3) is 5.91 Å². The van der Waals surface area contributed by atoms with Crippen molar-refractivity contribution in [2.75, 3.05) is 20.1 Å². The van der Waals surface area contributed by atoms with Crippen LogP contribution in [0.4, 0.5) is 0 Å². The molecule has 0 saturated carbocycles.